The van der Waals surface area contributed by atoms with Gasteiger partial charge in [0.2, 0.25) is 0 Å². The van der Waals surface area contributed by atoms with E-state index in [4.69, 9.17) is 23.7 Å². The number of ether oxygens (including phenoxy) is 5. The van der Waals surface area contributed by atoms with Crippen LogP contribution in [-0.4, -0.2) is 32.4 Å². The fraction of sp³-hybridized carbons (Fsp3) is 0.333. The highest BCUT2D eigenvalue weighted by Gasteiger charge is 2.42. The van der Waals surface area contributed by atoms with Crippen molar-refractivity contribution in [3.05, 3.63) is 35.1 Å². The van der Waals surface area contributed by atoms with Gasteiger partial charge in [0.1, 0.15) is 17.2 Å². The molecule has 2 unspecified atom stereocenters. The van der Waals surface area contributed by atoms with E-state index in [-0.39, 0.29) is 18.5 Å². The van der Waals surface area contributed by atoms with Gasteiger partial charge in [-0.05, 0) is 18.6 Å². The number of esters is 1. The molecule has 3 heterocycles. The zero-order valence-corrected chi connectivity index (χ0v) is 13.7. The van der Waals surface area contributed by atoms with E-state index in [2.05, 4.69) is 0 Å². The van der Waals surface area contributed by atoms with E-state index in [1.54, 1.807) is 19.3 Å². The third-order valence-corrected chi connectivity index (χ3v) is 4.65. The van der Waals surface area contributed by atoms with Crippen molar-refractivity contribution in [3.8, 4) is 17.2 Å². The minimum atomic E-state index is -0.490. The molecule has 2 atom stereocenters. The van der Waals surface area contributed by atoms with Crippen molar-refractivity contribution in [2.45, 2.75) is 25.6 Å². The van der Waals surface area contributed by atoms with Crippen LogP contribution in [-0.2, 0) is 19.1 Å². The fourth-order valence-corrected chi connectivity index (χ4v) is 3.48. The summed E-state index contributed by atoms with van der Waals surface area (Å²) in [5.74, 6) is 0.748. The van der Waals surface area contributed by atoms with Crippen molar-refractivity contribution in [1.29, 1.82) is 0 Å². The molecule has 0 saturated heterocycles. The lowest BCUT2D eigenvalue weighted by Crippen LogP contribution is -2.17. The summed E-state index contributed by atoms with van der Waals surface area (Å²) in [6.07, 6.45) is 3.43. The van der Waals surface area contributed by atoms with Gasteiger partial charge >= 0.3 is 5.97 Å². The van der Waals surface area contributed by atoms with Crippen molar-refractivity contribution in [1.82, 2.24) is 0 Å². The van der Waals surface area contributed by atoms with Crippen LogP contribution < -0.4 is 14.2 Å². The molecule has 0 spiro atoms. The zero-order chi connectivity index (χ0) is 17.6. The first kappa shape index (κ1) is 15.6. The summed E-state index contributed by atoms with van der Waals surface area (Å²) in [5.41, 5.74) is 2.49. The van der Waals surface area contributed by atoms with E-state index < -0.39 is 6.29 Å². The maximum Gasteiger partial charge on any atom is 0.334 e. The maximum absolute atomic E-state index is 12.0. The summed E-state index contributed by atoms with van der Waals surface area (Å²) in [7, 11) is 1.51. The smallest absolute Gasteiger partial charge is 0.334 e. The van der Waals surface area contributed by atoms with Crippen LogP contribution in [0.1, 0.15) is 30.4 Å². The Kier molecular flexibility index (Phi) is 3.63. The third kappa shape index (κ3) is 2.26. The number of benzene rings is 1. The molecule has 1 aromatic carbocycles. The SMILES string of the molecule is COc1cc2c(c(OC=O)c1C1=C(C)C(=O)OCC1)C1C=COC1O2. The Morgan fingerprint density at radius 1 is 1.36 bits per heavy atom. The number of fused-ring (bicyclic) bond motifs is 3. The van der Waals surface area contributed by atoms with Crippen LogP contribution in [0, 0.1) is 0 Å². The second kappa shape index (κ2) is 5.84. The molecule has 0 saturated carbocycles. The minimum absolute atomic E-state index is 0.189. The van der Waals surface area contributed by atoms with Crippen LogP contribution in [0.2, 0.25) is 0 Å². The average Bonchev–Trinajstić information content (AvgIpc) is 3.18. The first-order valence-corrected chi connectivity index (χ1v) is 7.87. The van der Waals surface area contributed by atoms with Gasteiger partial charge in [0, 0.05) is 18.1 Å². The predicted octanol–water partition coefficient (Wildman–Crippen LogP) is 2.30. The van der Waals surface area contributed by atoms with Gasteiger partial charge in [0.05, 0.1) is 37.0 Å². The van der Waals surface area contributed by atoms with Crippen molar-refractivity contribution in [2.24, 2.45) is 0 Å². The summed E-state index contributed by atoms with van der Waals surface area (Å²) < 4.78 is 27.1. The number of carbonyl (C=O) groups excluding carboxylic acids is 2. The van der Waals surface area contributed by atoms with E-state index in [1.165, 1.54) is 7.11 Å². The molecule has 3 aliphatic heterocycles. The van der Waals surface area contributed by atoms with Crippen molar-refractivity contribution in [3.63, 3.8) is 0 Å². The Morgan fingerprint density at radius 3 is 2.96 bits per heavy atom. The number of cyclic esters (lactones) is 1. The molecule has 0 amide bonds. The largest absolute Gasteiger partial charge is 0.496 e. The zero-order valence-electron chi connectivity index (χ0n) is 13.7. The monoisotopic (exact) mass is 344 g/mol. The molecule has 0 aromatic heterocycles. The van der Waals surface area contributed by atoms with Gasteiger partial charge in [0.25, 0.3) is 12.8 Å². The van der Waals surface area contributed by atoms with Gasteiger partial charge in [-0.15, -0.1) is 0 Å². The lowest BCUT2D eigenvalue weighted by atomic mass is 9.89. The Labute approximate surface area is 143 Å². The van der Waals surface area contributed by atoms with Gasteiger partial charge in [-0.3, -0.25) is 4.79 Å². The quantitative estimate of drug-likeness (QED) is 0.612. The molecule has 7 nitrogen and oxygen atoms in total. The second-order valence-electron chi connectivity index (χ2n) is 5.87. The molecular formula is C18H16O7. The lowest BCUT2D eigenvalue weighted by molar-refractivity contribution is -0.139. The third-order valence-electron chi connectivity index (χ3n) is 4.65. The molecule has 1 aromatic rings. The number of rotatable bonds is 4. The first-order chi connectivity index (χ1) is 12.2. The van der Waals surface area contributed by atoms with E-state index in [0.29, 0.717) is 46.8 Å². The Hall–Kier alpha value is -2.96. The highest BCUT2D eigenvalue weighted by Crippen LogP contribution is 2.53. The summed E-state index contributed by atoms with van der Waals surface area (Å²) >= 11 is 0. The summed E-state index contributed by atoms with van der Waals surface area (Å²) in [5, 5.41) is 0. The van der Waals surface area contributed by atoms with Crippen molar-refractivity contribution >= 4 is 18.0 Å². The molecule has 3 aliphatic rings. The topological polar surface area (TPSA) is 80.3 Å². The molecule has 4 rings (SSSR count). The summed E-state index contributed by atoms with van der Waals surface area (Å²) in [6.45, 7) is 2.31. The lowest BCUT2D eigenvalue weighted by Gasteiger charge is -2.23. The molecule has 0 aliphatic carbocycles. The van der Waals surface area contributed by atoms with Crippen molar-refractivity contribution in [2.75, 3.05) is 13.7 Å². The van der Waals surface area contributed by atoms with E-state index in [9.17, 15) is 9.59 Å². The Bertz CT molecular complexity index is 821. The van der Waals surface area contributed by atoms with E-state index in [1.807, 2.05) is 6.08 Å². The highest BCUT2D eigenvalue weighted by atomic mass is 16.7. The normalized spacial score (nSPS) is 23.4. The molecule has 0 N–H and O–H groups in total. The van der Waals surface area contributed by atoms with Crippen LogP contribution in [0.25, 0.3) is 5.57 Å². The van der Waals surface area contributed by atoms with Crippen LogP contribution in [0.15, 0.2) is 24.0 Å². The Balaban J connectivity index is 1.99. The number of methoxy groups -OCH3 is 1. The van der Waals surface area contributed by atoms with Gasteiger partial charge in [-0.1, -0.05) is 0 Å². The minimum Gasteiger partial charge on any atom is -0.496 e. The Morgan fingerprint density at radius 2 is 2.20 bits per heavy atom. The molecule has 25 heavy (non-hydrogen) atoms. The molecule has 7 heteroatoms. The van der Waals surface area contributed by atoms with Crippen LogP contribution >= 0.6 is 0 Å². The number of carbonyl (C=O) groups is 2. The number of hydrogen-bond acceptors (Lipinski definition) is 7. The number of hydrogen-bond donors (Lipinski definition) is 0. The molecule has 0 fully saturated rings. The van der Waals surface area contributed by atoms with Gasteiger partial charge in [-0.2, -0.15) is 0 Å². The standard InChI is InChI=1S/C18H16O7/c1-9-10(3-5-22-17(9)20)14-12(21-2)7-13-15(16(14)24-8-19)11-4-6-23-18(11)25-13/h4,6-8,11,18H,3,5H2,1-2H3. The van der Waals surface area contributed by atoms with Gasteiger partial charge < -0.3 is 23.7 Å². The van der Waals surface area contributed by atoms with Crippen LogP contribution in [0.5, 0.6) is 17.2 Å². The summed E-state index contributed by atoms with van der Waals surface area (Å²) in [6, 6.07) is 1.73. The fourth-order valence-electron chi connectivity index (χ4n) is 3.48. The van der Waals surface area contributed by atoms with Crippen molar-refractivity contribution < 1.29 is 33.3 Å². The molecule has 0 bridgehead atoms. The second-order valence-corrected chi connectivity index (χ2v) is 5.87. The predicted molar refractivity (Wildman–Crippen MR) is 85.2 cm³/mol. The molecule has 130 valence electrons. The highest BCUT2D eigenvalue weighted by molar-refractivity contribution is 6.00. The van der Waals surface area contributed by atoms with Crippen LogP contribution in [0.3, 0.4) is 0 Å². The van der Waals surface area contributed by atoms with E-state index >= 15 is 0 Å². The summed E-state index contributed by atoms with van der Waals surface area (Å²) in [4.78, 5) is 23.2. The van der Waals surface area contributed by atoms with Crippen LogP contribution in [0.4, 0.5) is 0 Å². The molecular weight excluding hydrogens is 328 g/mol. The first-order valence-electron chi connectivity index (χ1n) is 7.87. The molecule has 0 radical (unpaired) electrons. The maximum atomic E-state index is 12.0. The average molecular weight is 344 g/mol. The van der Waals surface area contributed by atoms with Gasteiger partial charge in [0.15, 0.2) is 0 Å². The van der Waals surface area contributed by atoms with E-state index in [0.717, 1.165) is 5.57 Å². The van der Waals surface area contributed by atoms with Gasteiger partial charge in [-0.25, -0.2) is 4.79 Å².